The zero-order valence-corrected chi connectivity index (χ0v) is 19.7. The number of rotatable bonds is 11. The maximum Gasteiger partial charge on any atom is 0.167 e. The first-order valence-corrected chi connectivity index (χ1v) is 10.9. The topological polar surface area (TPSA) is 76.6 Å². The van der Waals surface area contributed by atoms with Crippen molar-refractivity contribution >= 4 is 22.6 Å². The normalized spacial score (nSPS) is 13.0. The van der Waals surface area contributed by atoms with Gasteiger partial charge in [-0.1, -0.05) is 43.0 Å². The van der Waals surface area contributed by atoms with E-state index in [0.29, 0.717) is 46.0 Å². The van der Waals surface area contributed by atoms with Gasteiger partial charge < -0.3 is 24.3 Å². The number of benzene rings is 1. The van der Waals surface area contributed by atoms with Crippen LogP contribution >= 0.6 is 11.6 Å². The van der Waals surface area contributed by atoms with Crippen molar-refractivity contribution in [3.05, 3.63) is 95.6 Å². The molecule has 0 amide bonds. The van der Waals surface area contributed by atoms with Crippen LogP contribution in [0.5, 0.6) is 17.2 Å². The first kappa shape index (κ1) is 25.1. The van der Waals surface area contributed by atoms with Crippen molar-refractivity contribution in [2.75, 3.05) is 20.3 Å². The molecule has 34 heavy (non-hydrogen) atoms. The number of methoxy groups -OCH3 is 1. The van der Waals surface area contributed by atoms with Crippen molar-refractivity contribution in [2.24, 2.45) is 0 Å². The molecule has 0 aliphatic rings. The van der Waals surface area contributed by atoms with Crippen LogP contribution in [0.1, 0.15) is 24.2 Å². The maximum atomic E-state index is 14.3. The van der Waals surface area contributed by atoms with Crippen molar-refractivity contribution in [1.82, 2.24) is 9.97 Å². The smallest absolute Gasteiger partial charge is 0.167 e. The van der Waals surface area contributed by atoms with Gasteiger partial charge in [-0.2, -0.15) is 0 Å². The van der Waals surface area contributed by atoms with E-state index in [-0.39, 0.29) is 17.2 Å². The van der Waals surface area contributed by atoms with E-state index in [1.165, 1.54) is 12.2 Å². The van der Waals surface area contributed by atoms with Crippen molar-refractivity contribution < 1.29 is 23.7 Å². The van der Waals surface area contributed by atoms with Gasteiger partial charge in [0, 0.05) is 33.3 Å². The minimum absolute atomic E-state index is 0.119. The van der Waals surface area contributed by atoms with Gasteiger partial charge >= 0.3 is 0 Å². The molecule has 1 unspecified atom stereocenters. The molecule has 1 aromatic carbocycles. The number of allylic oxidation sites excluding steroid dienone is 4. The van der Waals surface area contributed by atoms with E-state index in [4.69, 9.17) is 25.8 Å². The number of hydrogen-bond acceptors (Lipinski definition) is 5. The first-order valence-electron chi connectivity index (χ1n) is 10.5. The highest BCUT2D eigenvalue weighted by Crippen LogP contribution is 2.40. The van der Waals surface area contributed by atoms with Crippen LogP contribution in [0.3, 0.4) is 0 Å². The Morgan fingerprint density at radius 3 is 2.76 bits per heavy atom. The van der Waals surface area contributed by atoms with Crippen LogP contribution in [0.25, 0.3) is 11.0 Å². The molecule has 0 bridgehead atoms. The number of H-pyrrole nitrogens is 1. The summed E-state index contributed by atoms with van der Waals surface area (Å²) < 4.78 is 31.3. The van der Waals surface area contributed by atoms with Crippen LogP contribution in [0, 0.1) is 0 Å². The average molecular weight is 485 g/mol. The van der Waals surface area contributed by atoms with Gasteiger partial charge in [0.1, 0.15) is 29.9 Å². The van der Waals surface area contributed by atoms with E-state index in [1.54, 1.807) is 43.8 Å². The number of aromatic nitrogens is 2. The number of aliphatic hydroxyl groups excluding tert-OH is 1. The summed E-state index contributed by atoms with van der Waals surface area (Å²) in [4.78, 5) is 7.37. The summed E-state index contributed by atoms with van der Waals surface area (Å²) in [6.07, 6.45) is 6.26. The summed E-state index contributed by atoms with van der Waals surface area (Å²) in [5.74, 6) is 0.718. The molecule has 0 saturated carbocycles. The number of fused-ring (bicyclic) bond motifs is 1. The van der Waals surface area contributed by atoms with Crippen molar-refractivity contribution in [2.45, 2.75) is 13.0 Å². The van der Waals surface area contributed by atoms with Gasteiger partial charge in [0.2, 0.25) is 0 Å². The zero-order chi connectivity index (χ0) is 24.7. The highest BCUT2D eigenvalue weighted by atomic mass is 35.5. The minimum atomic E-state index is -1.05. The number of aliphatic hydroxyl groups is 1. The Bertz CT molecular complexity index is 1250. The van der Waals surface area contributed by atoms with E-state index >= 15 is 0 Å². The predicted molar refractivity (Wildman–Crippen MR) is 132 cm³/mol. The lowest BCUT2D eigenvalue weighted by Gasteiger charge is -2.19. The standard InChI is InChI=1S/C26H26ClFN2O4/c1-5-22(28)17(11-10-16(3)27)15-34-23-9-7-8-19(25(23)33-6-2)24(31)21-14-30-26-20(21)12-18(32-4)13-29-26/h5,7-14,24,31H,1,3,6,15H2,2,4H3,(H,29,30)/b11-10-,22-17-. The molecule has 0 spiro atoms. The largest absolute Gasteiger partial charge is 0.495 e. The van der Waals surface area contributed by atoms with Gasteiger partial charge in [-0.05, 0) is 31.2 Å². The van der Waals surface area contributed by atoms with E-state index in [2.05, 4.69) is 23.1 Å². The van der Waals surface area contributed by atoms with E-state index in [1.807, 2.05) is 6.92 Å². The summed E-state index contributed by atoms with van der Waals surface area (Å²) in [6.45, 7) is 9.06. The van der Waals surface area contributed by atoms with Gasteiger partial charge in [0.25, 0.3) is 0 Å². The molecule has 0 aliphatic heterocycles. The van der Waals surface area contributed by atoms with Crippen LogP contribution < -0.4 is 14.2 Å². The molecule has 178 valence electrons. The van der Waals surface area contributed by atoms with Crippen LogP contribution in [0.2, 0.25) is 0 Å². The van der Waals surface area contributed by atoms with E-state index < -0.39 is 11.9 Å². The predicted octanol–water partition coefficient (Wildman–Crippen LogP) is 6.15. The Kier molecular flexibility index (Phi) is 8.51. The molecular formula is C26H26ClFN2O4. The molecule has 0 aliphatic carbocycles. The summed E-state index contributed by atoms with van der Waals surface area (Å²) in [5.41, 5.74) is 1.92. The third kappa shape index (κ3) is 5.68. The highest BCUT2D eigenvalue weighted by Gasteiger charge is 2.23. The Morgan fingerprint density at radius 1 is 1.29 bits per heavy atom. The number of aromatic amines is 1. The number of nitrogens with one attached hydrogen (secondary N) is 1. The van der Waals surface area contributed by atoms with E-state index in [0.717, 1.165) is 6.08 Å². The Morgan fingerprint density at radius 2 is 2.09 bits per heavy atom. The molecule has 0 radical (unpaired) electrons. The second-order valence-corrected chi connectivity index (χ2v) is 7.66. The second-order valence-electron chi connectivity index (χ2n) is 7.17. The fourth-order valence-corrected chi connectivity index (χ4v) is 3.41. The number of ether oxygens (including phenoxy) is 3. The molecule has 2 N–H and O–H groups in total. The molecule has 8 heteroatoms. The minimum Gasteiger partial charge on any atom is -0.495 e. The molecule has 2 aromatic heterocycles. The maximum absolute atomic E-state index is 14.3. The van der Waals surface area contributed by atoms with Crippen LogP contribution in [0.15, 0.2) is 84.5 Å². The van der Waals surface area contributed by atoms with E-state index in [9.17, 15) is 9.50 Å². The molecule has 1 atom stereocenters. The van der Waals surface area contributed by atoms with Crippen molar-refractivity contribution in [3.8, 4) is 17.2 Å². The second kappa shape index (κ2) is 11.5. The lowest BCUT2D eigenvalue weighted by Crippen LogP contribution is -2.08. The molecule has 2 heterocycles. The zero-order valence-electron chi connectivity index (χ0n) is 19.0. The molecule has 6 nitrogen and oxygen atoms in total. The summed E-state index contributed by atoms with van der Waals surface area (Å²) in [5, 5.41) is 12.2. The number of para-hydroxylation sites is 1. The van der Waals surface area contributed by atoms with Crippen molar-refractivity contribution in [1.29, 1.82) is 0 Å². The third-order valence-electron chi connectivity index (χ3n) is 5.00. The summed E-state index contributed by atoms with van der Waals surface area (Å²) in [6, 6.07) is 6.96. The monoisotopic (exact) mass is 484 g/mol. The molecule has 3 aromatic rings. The fraction of sp³-hybridized carbons (Fsp3) is 0.192. The molecule has 0 saturated heterocycles. The van der Waals surface area contributed by atoms with Gasteiger partial charge in [-0.25, -0.2) is 9.37 Å². The van der Waals surface area contributed by atoms with Gasteiger partial charge in [0.15, 0.2) is 11.5 Å². The highest BCUT2D eigenvalue weighted by molar-refractivity contribution is 6.30. The summed E-state index contributed by atoms with van der Waals surface area (Å²) in [7, 11) is 1.55. The molecular weight excluding hydrogens is 459 g/mol. The first-order chi connectivity index (χ1) is 16.4. The van der Waals surface area contributed by atoms with Gasteiger partial charge in [0.05, 0.1) is 19.9 Å². The average Bonchev–Trinajstić information content (AvgIpc) is 3.27. The molecule has 3 rings (SSSR count). The number of nitrogens with zero attached hydrogens (tertiary/aromatic N) is 1. The molecule has 0 fully saturated rings. The van der Waals surface area contributed by atoms with Gasteiger partial charge in [-0.15, -0.1) is 0 Å². The lowest BCUT2D eigenvalue weighted by molar-refractivity contribution is 0.210. The van der Waals surface area contributed by atoms with Gasteiger partial charge in [-0.3, -0.25) is 0 Å². The quantitative estimate of drug-likeness (QED) is 0.319. The number of pyridine rings is 1. The Balaban J connectivity index is 1.98. The van der Waals surface area contributed by atoms with Crippen LogP contribution in [0.4, 0.5) is 4.39 Å². The third-order valence-corrected chi connectivity index (χ3v) is 5.12. The Hall–Kier alpha value is -3.55. The SMILES string of the molecule is C=C/C(F)=C(\C=C/C(=C)Cl)COc1cccc(C(O)c2c[nH]c3ncc(OC)cc23)c1OCC. The lowest BCUT2D eigenvalue weighted by atomic mass is 10.00. The number of hydrogen-bond donors (Lipinski definition) is 2. The van der Waals surface area contributed by atoms with Crippen LogP contribution in [-0.4, -0.2) is 35.4 Å². The fourth-order valence-electron chi connectivity index (χ4n) is 3.34. The Labute approximate surface area is 202 Å². The number of halogens is 2. The summed E-state index contributed by atoms with van der Waals surface area (Å²) >= 11 is 5.76. The van der Waals surface area contributed by atoms with Crippen molar-refractivity contribution in [3.63, 3.8) is 0 Å². The van der Waals surface area contributed by atoms with Crippen LogP contribution in [-0.2, 0) is 0 Å².